The van der Waals surface area contributed by atoms with Crippen LogP contribution in [0.15, 0.2) is 0 Å². The van der Waals surface area contributed by atoms with Gasteiger partial charge in [0.1, 0.15) is 0 Å². The summed E-state index contributed by atoms with van der Waals surface area (Å²) in [4.78, 5) is 16.2. The van der Waals surface area contributed by atoms with Gasteiger partial charge in [0.2, 0.25) is 5.91 Å². The lowest BCUT2D eigenvalue weighted by Gasteiger charge is -2.39. The number of hydrogen-bond donors (Lipinski definition) is 1. The molecule has 0 bridgehead atoms. The third-order valence-electron chi connectivity index (χ3n) is 3.26. The van der Waals surface area contributed by atoms with Gasteiger partial charge in [-0.05, 0) is 39.3 Å². The predicted octanol–water partition coefficient (Wildman–Crippen LogP) is 0.0303. The van der Waals surface area contributed by atoms with Crippen LogP contribution in [0, 0.1) is 0 Å². The van der Waals surface area contributed by atoms with Gasteiger partial charge in [-0.3, -0.25) is 9.69 Å². The Bertz CT molecular complexity index is 240. The zero-order valence-electron chi connectivity index (χ0n) is 9.48. The number of carbonyl (C=O) groups excluding carboxylic acids is 1. The number of piperazine rings is 1. The molecule has 0 spiro atoms. The van der Waals surface area contributed by atoms with E-state index < -0.39 is 0 Å². The number of nitrogens with zero attached hydrogens (tertiary/aromatic N) is 2. The molecule has 2 N–H and O–H groups in total. The minimum atomic E-state index is 0.313. The molecule has 2 fully saturated rings. The third kappa shape index (κ3) is 2.49. The molecular weight excluding hydrogens is 190 g/mol. The van der Waals surface area contributed by atoms with Gasteiger partial charge in [0.05, 0.1) is 6.54 Å². The maximum Gasteiger partial charge on any atom is 0.237 e. The van der Waals surface area contributed by atoms with Crippen LogP contribution in [-0.4, -0.2) is 54.0 Å². The van der Waals surface area contributed by atoms with Crippen LogP contribution in [0.5, 0.6) is 0 Å². The van der Waals surface area contributed by atoms with Crippen molar-refractivity contribution in [3.63, 3.8) is 0 Å². The number of rotatable bonds is 4. The topological polar surface area (TPSA) is 49.6 Å². The number of carbonyl (C=O) groups is 1. The van der Waals surface area contributed by atoms with Crippen molar-refractivity contribution >= 4 is 5.91 Å². The molecule has 0 aromatic carbocycles. The van der Waals surface area contributed by atoms with Gasteiger partial charge in [0, 0.05) is 18.6 Å². The maximum atomic E-state index is 11.9. The van der Waals surface area contributed by atoms with Gasteiger partial charge >= 0.3 is 0 Å². The highest BCUT2D eigenvalue weighted by Crippen LogP contribution is 2.30. The molecular formula is C11H21N3O. The largest absolute Gasteiger partial charge is 0.335 e. The molecule has 1 heterocycles. The van der Waals surface area contributed by atoms with Crippen LogP contribution >= 0.6 is 0 Å². The molecule has 1 aliphatic heterocycles. The molecule has 1 saturated heterocycles. The van der Waals surface area contributed by atoms with E-state index in [2.05, 4.69) is 16.7 Å². The van der Waals surface area contributed by atoms with E-state index in [0.29, 0.717) is 31.1 Å². The summed E-state index contributed by atoms with van der Waals surface area (Å²) in [5.74, 6) is 0.313. The fourth-order valence-electron chi connectivity index (χ4n) is 2.45. The van der Waals surface area contributed by atoms with Crippen LogP contribution in [0.1, 0.15) is 26.2 Å². The molecule has 4 nitrogen and oxygen atoms in total. The van der Waals surface area contributed by atoms with Gasteiger partial charge in [-0.15, -0.1) is 0 Å². The number of amides is 1. The fourth-order valence-corrected chi connectivity index (χ4v) is 2.45. The van der Waals surface area contributed by atoms with Crippen LogP contribution < -0.4 is 5.73 Å². The van der Waals surface area contributed by atoms with E-state index in [1.54, 1.807) is 0 Å². The SMILES string of the molecule is CC1CN(CCCN)CC(=O)N1C1CC1. The molecule has 1 aliphatic carbocycles. The van der Waals surface area contributed by atoms with Gasteiger partial charge in [-0.25, -0.2) is 0 Å². The molecule has 2 rings (SSSR count). The van der Waals surface area contributed by atoms with Crippen LogP contribution in [0.4, 0.5) is 0 Å². The first-order chi connectivity index (χ1) is 7.22. The lowest BCUT2D eigenvalue weighted by atomic mass is 10.1. The second-order valence-corrected chi connectivity index (χ2v) is 4.76. The molecule has 1 amide bonds. The molecule has 1 unspecified atom stereocenters. The maximum absolute atomic E-state index is 11.9. The van der Waals surface area contributed by atoms with E-state index in [4.69, 9.17) is 5.73 Å². The van der Waals surface area contributed by atoms with Crippen LogP contribution in [0.2, 0.25) is 0 Å². The standard InChI is InChI=1S/C11H21N3O/c1-9-7-13(6-2-5-12)8-11(15)14(9)10-3-4-10/h9-10H,2-8,12H2,1H3. The Hall–Kier alpha value is -0.610. The van der Waals surface area contributed by atoms with Crippen molar-refractivity contribution in [2.75, 3.05) is 26.2 Å². The average molecular weight is 211 g/mol. The van der Waals surface area contributed by atoms with Gasteiger partial charge in [-0.1, -0.05) is 0 Å². The summed E-state index contributed by atoms with van der Waals surface area (Å²) in [5.41, 5.74) is 5.48. The van der Waals surface area contributed by atoms with Crippen LogP contribution in [0.3, 0.4) is 0 Å². The van der Waals surface area contributed by atoms with E-state index in [-0.39, 0.29) is 0 Å². The second kappa shape index (κ2) is 4.49. The van der Waals surface area contributed by atoms with Gasteiger partial charge < -0.3 is 10.6 Å². The Labute approximate surface area is 91.4 Å². The summed E-state index contributed by atoms with van der Waals surface area (Å²) in [5, 5.41) is 0. The summed E-state index contributed by atoms with van der Waals surface area (Å²) in [6, 6.07) is 0.945. The first-order valence-corrected chi connectivity index (χ1v) is 5.96. The average Bonchev–Trinajstić information content (AvgIpc) is 2.97. The summed E-state index contributed by atoms with van der Waals surface area (Å²) >= 11 is 0. The van der Waals surface area contributed by atoms with Crippen molar-refractivity contribution in [1.82, 2.24) is 9.80 Å². The van der Waals surface area contributed by atoms with Crippen molar-refractivity contribution in [1.29, 1.82) is 0 Å². The van der Waals surface area contributed by atoms with Crippen molar-refractivity contribution in [2.24, 2.45) is 5.73 Å². The van der Waals surface area contributed by atoms with Crippen LogP contribution in [-0.2, 0) is 4.79 Å². The molecule has 15 heavy (non-hydrogen) atoms. The molecule has 2 aliphatic rings. The minimum Gasteiger partial charge on any atom is -0.335 e. The first kappa shape index (κ1) is 10.9. The first-order valence-electron chi connectivity index (χ1n) is 5.96. The fraction of sp³-hybridized carbons (Fsp3) is 0.909. The zero-order chi connectivity index (χ0) is 10.8. The Morgan fingerprint density at radius 2 is 2.20 bits per heavy atom. The Kier molecular flexibility index (Phi) is 3.26. The zero-order valence-corrected chi connectivity index (χ0v) is 9.48. The van der Waals surface area contributed by atoms with E-state index in [9.17, 15) is 4.79 Å². The summed E-state index contributed by atoms with van der Waals surface area (Å²) < 4.78 is 0. The van der Waals surface area contributed by atoms with E-state index in [1.807, 2.05) is 0 Å². The van der Waals surface area contributed by atoms with E-state index in [1.165, 1.54) is 12.8 Å². The van der Waals surface area contributed by atoms with Crippen molar-refractivity contribution in [3.8, 4) is 0 Å². The quantitative estimate of drug-likeness (QED) is 0.714. The Morgan fingerprint density at radius 1 is 1.47 bits per heavy atom. The molecule has 0 aromatic rings. The number of hydrogen-bond acceptors (Lipinski definition) is 3. The van der Waals surface area contributed by atoms with Gasteiger partial charge in [0.15, 0.2) is 0 Å². The summed E-state index contributed by atoms with van der Waals surface area (Å²) in [7, 11) is 0. The highest BCUT2D eigenvalue weighted by molar-refractivity contribution is 5.80. The van der Waals surface area contributed by atoms with Gasteiger partial charge in [-0.2, -0.15) is 0 Å². The van der Waals surface area contributed by atoms with E-state index >= 15 is 0 Å². The van der Waals surface area contributed by atoms with Gasteiger partial charge in [0.25, 0.3) is 0 Å². The predicted molar refractivity (Wildman–Crippen MR) is 59.4 cm³/mol. The molecule has 86 valence electrons. The lowest BCUT2D eigenvalue weighted by molar-refractivity contribution is -0.140. The highest BCUT2D eigenvalue weighted by Gasteiger charge is 2.39. The molecule has 1 atom stereocenters. The second-order valence-electron chi connectivity index (χ2n) is 4.76. The van der Waals surface area contributed by atoms with Crippen molar-refractivity contribution in [3.05, 3.63) is 0 Å². The molecule has 0 radical (unpaired) electrons. The molecule has 4 heteroatoms. The molecule has 0 aromatic heterocycles. The van der Waals surface area contributed by atoms with Crippen LogP contribution in [0.25, 0.3) is 0 Å². The minimum absolute atomic E-state index is 0.313. The smallest absolute Gasteiger partial charge is 0.237 e. The molecule has 1 saturated carbocycles. The number of nitrogens with two attached hydrogens (primary N) is 1. The lowest BCUT2D eigenvalue weighted by Crippen LogP contribution is -2.56. The van der Waals surface area contributed by atoms with Crippen molar-refractivity contribution < 1.29 is 4.79 Å². The normalized spacial score (nSPS) is 28.5. The summed E-state index contributed by atoms with van der Waals surface area (Å²) in [6.07, 6.45) is 3.40. The Balaban J connectivity index is 1.87. The third-order valence-corrected chi connectivity index (χ3v) is 3.26. The van der Waals surface area contributed by atoms with Crippen molar-refractivity contribution in [2.45, 2.75) is 38.3 Å². The van der Waals surface area contributed by atoms with E-state index in [0.717, 1.165) is 19.5 Å². The highest BCUT2D eigenvalue weighted by atomic mass is 16.2. The Morgan fingerprint density at radius 3 is 2.73 bits per heavy atom. The summed E-state index contributed by atoms with van der Waals surface area (Å²) in [6.45, 7) is 5.45. The monoisotopic (exact) mass is 211 g/mol.